The minimum atomic E-state index is -1.06. The van der Waals surface area contributed by atoms with Gasteiger partial charge in [-0.3, -0.25) is 13.4 Å². The van der Waals surface area contributed by atoms with E-state index in [0.29, 0.717) is 11.6 Å². The van der Waals surface area contributed by atoms with Crippen molar-refractivity contribution in [1.82, 2.24) is 29.8 Å². The van der Waals surface area contributed by atoms with Crippen LogP contribution in [0.1, 0.15) is 28.8 Å². The van der Waals surface area contributed by atoms with Crippen molar-refractivity contribution in [3.8, 4) is 16.9 Å². The molecule has 33 heavy (non-hydrogen) atoms. The largest absolute Gasteiger partial charge is 0.349 e. The summed E-state index contributed by atoms with van der Waals surface area (Å²) in [4.78, 5) is 17.8. The number of amides is 1. The predicted octanol–water partition coefficient (Wildman–Crippen LogP) is 2.47. The van der Waals surface area contributed by atoms with Gasteiger partial charge in [-0.25, -0.2) is 9.67 Å². The van der Waals surface area contributed by atoms with Gasteiger partial charge >= 0.3 is 0 Å². The molecule has 2 N–H and O–H groups in total. The summed E-state index contributed by atoms with van der Waals surface area (Å²) < 4.78 is 16.5. The van der Waals surface area contributed by atoms with Crippen molar-refractivity contribution in [2.24, 2.45) is 0 Å². The van der Waals surface area contributed by atoms with Crippen LogP contribution in [0.5, 0.6) is 0 Å². The Kier molecular flexibility index (Phi) is 4.88. The Morgan fingerprint density at radius 1 is 1.15 bits per heavy atom. The maximum Gasteiger partial charge on any atom is 0.251 e. The third kappa shape index (κ3) is 3.77. The summed E-state index contributed by atoms with van der Waals surface area (Å²) in [6.45, 7) is 3.59. The van der Waals surface area contributed by atoms with Crippen LogP contribution in [-0.4, -0.2) is 53.7 Å². The second kappa shape index (κ2) is 7.93. The van der Waals surface area contributed by atoms with Gasteiger partial charge in [-0.1, -0.05) is 6.07 Å². The van der Waals surface area contributed by atoms with Crippen LogP contribution in [0.25, 0.3) is 22.6 Å². The highest BCUT2D eigenvalue weighted by Gasteiger charge is 2.26. The minimum absolute atomic E-state index is 0.0323. The third-order valence-corrected chi connectivity index (χ3v) is 7.92. The van der Waals surface area contributed by atoms with E-state index in [4.69, 9.17) is 0 Å². The highest BCUT2D eigenvalue weighted by atomic mass is 32.2. The van der Waals surface area contributed by atoms with Gasteiger partial charge in [-0.15, -0.1) is 0 Å². The fraction of sp³-hybridized carbons (Fsp3) is 0.292. The zero-order valence-corrected chi connectivity index (χ0v) is 19.0. The highest BCUT2D eigenvalue weighted by Crippen LogP contribution is 2.27. The van der Waals surface area contributed by atoms with Crippen molar-refractivity contribution in [2.45, 2.75) is 36.0 Å². The molecule has 8 nitrogen and oxygen atoms in total. The van der Waals surface area contributed by atoms with E-state index < -0.39 is 10.8 Å². The van der Waals surface area contributed by atoms with Crippen molar-refractivity contribution >= 4 is 22.4 Å². The fourth-order valence-corrected chi connectivity index (χ4v) is 5.34. The number of pyridine rings is 1. The highest BCUT2D eigenvalue weighted by molar-refractivity contribution is 7.85. The summed E-state index contributed by atoms with van der Waals surface area (Å²) in [5, 5.41) is 10.9. The van der Waals surface area contributed by atoms with Gasteiger partial charge in [0, 0.05) is 42.7 Å². The molecule has 0 bridgehead atoms. The van der Waals surface area contributed by atoms with Crippen molar-refractivity contribution in [3.63, 3.8) is 0 Å². The zero-order chi connectivity index (χ0) is 22.5. The molecule has 4 heterocycles. The molecule has 6 rings (SSSR count). The monoisotopic (exact) mass is 460 g/mol. The van der Waals surface area contributed by atoms with Crippen molar-refractivity contribution in [1.29, 1.82) is 0 Å². The predicted molar refractivity (Wildman–Crippen MR) is 126 cm³/mol. The van der Waals surface area contributed by atoms with Crippen LogP contribution in [0.4, 0.5) is 0 Å². The topological polar surface area (TPSA) is 93.3 Å². The lowest BCUT2D eigenvalue weighted by Gasteiger charge is -2.26. The first kappa shape index (κ1) is 20.3. The molecule has 1 aliphatic carbocycles. The molecule has 1 amide bonds. The molecular formula is C24H24N6O2S. The first-order valence-electron chi connectivity index (χ1n) is 11.1. The Labute approximate surface area is 193 Å². The molecule has 1 aliphatic heterocycles. The van der Waals surface area contributed by atoms with Crippen LogP contribution in [0.2, 0.25) is 0 Å². The van der Waals surface area contributed by atoms with Crippen LogP contribution < -0.4 is 10.6 Å². The number of carbonyl (C=O) groups excluding carboxylic acids is 1. The van der Waals surface area contributed by atoms with Gasteiger partial charge in [0.25, 0.3) is 5.91 Å². The zero-order valence-electron chi connectivity index (χ0n) is 18.2. The summed E-state index contributed by atoms with van der Waals surface area (Å²) in [5.41, 5.74) is 4.39. The average Bonchev–Trinajstić information content (AvgIpc) is 3.29. The van der Waals surface area contributed by atoms with E-state index >= 15 is 0 Å². The Bertz CT molecular complexity index is 1400. The van der Waals surface area contributed by atoms with E-state index in [1.54, 1.807) is 17.1 Å². The Morgan fingerprint density at radius 2 is 2.00 bits per heavy atom. The lowest BCUT2D eigenvalue weighted by Crippen LogP contribution is -2.49. The number of hydrogen-bond acceptors (Lipinski definition) is 5. The van der Waals surface area contributed by atoms with Crippen LogP contribution >= 0.6 is 0 Å². The normalized spacial score (nSPS) is 17.1. The summed E-state index contributed by atoms with van der Waals surface area (Å²) >= 11 is 0. The smallest absolute Gasteiger partial charge is 0.251 e. The lowest BCUT2D eigenvalue weighted by atomic mass is 10.0. The van der Waals surface area contributed by atoms with E-state index in [-0.39, 0.29) is 11.2 Å². The average molecular weight is 461 g/mol. The van der Waals surface area contributed by atoms with Crippen molar-refractivity contribution in [2.75, 3.05) is 13.1 Å². The molecular weight excluding hydrogens is 436 g/mol. The van der Waals surface area contributed by atoms with Gasteiger partial charge in [0.15, 0.2) is 5.82 Å². The number of benzene rings is 1. The van der Waals surface area contributed by atoms with Gasteiger partial charge in [-0.05, 0) is 55.2 Å². The molecule has 0 spiro atoms. The molecule has 1 saturated carbocycles. The van der Waals surface area contributed by atoms with E-state index in [1.165, 1.54) is 0 Å². The first-order chi connectivity index (χ1) is 16.1. The summed E-state index contributed by atoms with van der Waals surface area (Å²) in [6, 6.07) is 9.86. The first-order valence-corrected chi connectivity index (χ1v) is 12.3. The van der Waals surface area contributed by atoms with E-state index in [2.05, 4.69) is 20.7 Å². The van der Waals surface area contributed by atoms with Gasteiger partial charge in [0.1, 0.15) is 5.65 Å². The van der Waals surface area contributed by atoms with Crippen LogP contribution in [0, 0.1) is 6.92 Å². The summed E-state index contributed by atoms with van der Waals surface area (Å²) in [5.74, 6) is 0.734. The molecule has 168 valence electrons. The molecule has 1 unspecified atom stereocenters. The number of aryl methyl sites for hydroxylation is 1. The Morgan fingerprint density at radius 3 is 2.76 bits per heavy atom. The van der Waals surface area contributed by atoms with Gasteiger partial charge in [0.2, 0.25) is 0 Å². The molecule has 2 aliphatic rings. The molecule has 9 heteroatoms. The number of rotatable bonds is 6. The van der Waals surface area contributed by atoms with Crippen LogP contribution in [0.3, 0.4) is 0 Å². The minimum Gasteiger partial charge on any atom is -0.349 e. The Balaban J connectivity index is 1.33. The number of imidazole rings is 1. The number of hydrogen-bond donors (Lipinski definition) is 2. The summed E-state index contributed by atoms with van der Waals surface area (Å²) in [7, 11) is -1.06. The molecule has 3 aromatic heterocycles. The van der Waals surface area contributed by atoms with Crippen molar-refractivity contribution in [3.05, 3.63) is 66.2 Å². The maximum absolute atomic E-state index is 12.8. The number of fused-ring (bicyclic) bond motifs is 1. The van der Waals surface area contributed by atoms with E-state index in [0.717, 1.165) is 59.0 Å². The standard InChI is InChI=1S/C24H24N6O2S/c1-15-2-3-16(24(31)28-18-4-5-18)8-21(15)17-9-27-30(13-17)23-12-26-22-7-6-19(14-29(22)23)33(32)20-10-25-11-20/h2-3,6-9,12-14,18,20,25H,4-5,10-11H2,1H3,(H,28,31). The van der Waals surface area contributed by atoms with Crippen LogP contribution in [-0.2, 0) is 10.8 Å². The number of carbonyl (C=O) groups is 1. The second-order valence-corrected chi connectivity index (χ2v) is 10.5. The van der Waals surface area contributed by atoms with Gasteiger partial charge in [0.05, 0.1) is 33.3 Å². The van der Waals surface area contributed by atoms with E-state index in [1.807, 2.05) is 54.0 Å². The second-order valence-electron chi connectivity index (χ2n) is 8.74. The number of aromatic nitrogens is 4. The quantitative estimate of drug-likeness (QED) is 0.461. The third-order valence-electron chi connectivity index (χ3n) is 6.28. The van der Waals surface area contributed by atoms with E-state index in [9.17, 15) is 9.00 Å². The fourth-order valence-electron chi connectivity index (χ4n) is 4.00. The lowest BCUT2D eigenvalue weighted by molar-refractivity contribution is 0.0951. The molecule has 1 atom stereocenters. The van der Waals surface area contributed by atoms with Gasteiger partial charge in [-0.2, -0.15) is 5.10 Å². The molecule has 0 radical (unpaired) electrons. The summed E-state index contributed by atoms with van der Waals surface area (Å²) in [6.07, 6.45) is 9.50. The number of nitrogens with zero attached hydrogens (tertiary/aromatic N) is 4. The van der Waals surface area contributed by atoms with Gasteiger partial charge < -0.3 is 10.6 Å². The SMILES string of the molecule is Cc1ccc(C(=O)NC2CC2)cc1-c1cnn(-c2cnc3ccc(S(=O)C4CNC4)cn23)c1. The molecule has 1 saturated heterocycles. The molecule has 1 aromatic carbocycles. The number of nitrogens with one attached hydrogen (secondary N) is 2. The molecule has 2 fully saturated rings. The maximum atomic E-state index is 12.8. The molecule has 4 aromatic rings. The Hall–Kier alpha value is -3.30. The van der Waals surface area contributed by atoms with Crippen molar-refractivity contribution < 1.29 is 9.00 Å². The van der Waals surface area contributed by atoms with Crippen LogP contribution in [0.15, 0.2) is 60.0 Å².